The molecule has 0 N–H and O–H groups in total. The van der Waals surface area contributed by atoms with Crippen LogP contribution < -0.4 is 0 Å². The Labute approximate surface area is 100 Å². The Balaban J connectivity index is 1.94. The van der Waals surface area contributed by atoms with Crippen molar-refractivity contribution in [3.63, 3.8) is 0 Å². The topological polar surface area (TPSA) is 0 Å². The average molecular weight is 239 g/mol. The molecule has 1 saturated carbocycles. The van der Waals surface area contributed by atoms with Crippen molar-refractivity contribution in [2.45, 2.75) is 48.2 Å². The van der Waals surface area contributed by atoms with Crippen LogP contribution >= 0.6 is 23.4 Å². The minimum Gasteiger partial charge on any atom is -0.117 e. The Morgan fingerprint density at radius 2 is 1.93 bits per heavy atom. The lowest BCUT2D eigenvalue weighted by Gasteiger charge is -2.32. The van der Waals surface area contributed by atoms with Crippen molar-refractivity contribution in [2.24, 2.45) is 0 Å². The van der Waals surface area contributed by atoms with Crippen LogP contribution in [0.3, 0.4) is 0 Å². The second-order valence-electron chi connectivity index (χ2n) is 4.75. The number of rotatable bonds is 0. The highest BCUT2D eigenvalue weighted by atomic mass is 35.5. The Morgan fingerprint density at radius 1 is 1.13 bits per heavy atom. The molecular formula is C13H15ClS. The molecule has 0 aromatic heterocycles. The van der Waals surface area contributed by atoms with Crippen molar-refractivity contribution < 1.29 is 0 Å². The van der Waals surface area contributed by atoms with Gasteiger partial charge < -0.3 is 0 Å². The summed E-state index contributed by atoms with van der Waals surface area (Å²) in [5, 5.41) is 0.958. The first-order valence-electron chi connectivity index (χ1n) is 5.76. The molecule has 0 saturated heterocycles. The van der Waals surface area contributed by atoms with Crippen molar-refractivity contribution >= 4 is 23.4 Å². The molecule has 1 aromatic rings. The molecule has 0 nitrogen and oxygen atoms in total. The van der Waals surface area contributed by atoms with Gasteiger partial charge in [0.05, 0.1) is 5.02 Å². The molecule has 1 spiro atoms. The third-order valence-corrected chi connectivity index (χ3v) is 5.74. The van der Waals surface area contributed by atoms with Crippen LogP contribution in [0.15, 0.2) is 23.1 Å². The third kappa shape index (κ3) is 1.70. The Morgan fingerprint density at radius 3 is 2.67 bits per heavy atom. The van der Waals surface area contributed by atoms with Crippen LogP contribution in [0.25, 0.3) is 0 Å². The third-order valence-electron chi connectivity index (χ3n) is 3.64. The van der Waals surface area contributed by atoms with Gasteiger partial charge in [0.15, 0.2) is 0 Å². The highest BCUT2D eigenvalue weighted by Gasteiger charge is 2.39. The van der Waals surface area contributed by atoms with Crippen LogP contribution in [-0.2, 0) is 6.42 Å². The first kappa shape index (κ1) is 10.0. The van der Waals surface area contributed by atoms with E-state index in [0.29, 0.717) is 4.75 Å². The maximum absolute atomic E-state index is 6.25. The van der Waals surface area contributed by atoms with Gasteiger partial charge in [-0.25, -0.2) is 0 Å². The molecule has 0 bridgehead atoms. The van der Waals surface area contributed by atoms with Gasteiger partial charge in [0, 0.05) is 9.64 Å². The molecule has 1 fully saturated rings. The van der Waals surface area contributed by atoms with Crippen LogP contribution in [0.5, 0.6) is 0 Å². The van der Waals surface area contributed by atoms with Crippen LogP contribution in [0.1, 0.15) is 37.7 Å². The van der Waals surface area contributed by atoms with E-state index in [1.165, 1.54) is 49.0 Å². The first-order valence-corrected chi connectivity index (χ1v) is 6.95. The first-order chi connectivity index (χ1) is 7.29. The van der Waals surface area contributed by atoms with E-state index in [-0.39, 0.29) is 0 Å². The molecule has 1 aliphatic heterocycles. The minimum absolute atomic E-state index is 0.506. The second-order valence-corrected chi connectivity index (χ2v) is 6.64. The minimum atomic E-state index is 0.506. The summed E-state index contributed by atoms with van der Waals surface area (Å²) in [6, 6.07) is 6.36. The molecule has 3 rings (SSSR count). The molecule has 1 aromatic carbocycles. The molecule has 0 unspecified atom stereocenters. The smallest absolute Gasteiger partial charge is 0.0544 e. The van der Waals surface area contributed by atoms with Gasteiger partial charge >= 0.3 is 0 Å². The lowest BCUT2D eigenvalue weighted by atomic mass is 9.84. The van der Waals surface area contributed by atoms with Crippen LogP contribution in [0, 0.1) is 0 Å². The Hall–Kier alpha value is -0.140. The Bertz CT molecular complexity index is 380. The summed E-state index contributed by atoms with van der Waals surface area (Å²) < 4.78 is 0.506. The van der Waals surface area contributed by atoms with Gasteiger partial charge in [0.1, 0.15) is 0 Å². The summed E-state index contributed by atoms with van der Waals surface area (Å²) in [6.07, 6.45) is 8.22. The fourth-order valence-electron chi connectivity index (χ4n) is 2.88. The van der Waals surface area contributed by atoms with E-state index in [2.05, 4.69) is 23.9 Å². The van der Waals surface area contributed by atoms with Crippen molar-refractivity contribution in [3.05, 3.63) is 28.8 Å². The summed E-state index contributed by atoms with van der Waals surface area (Å²) in [4.78, 5) is 1.36. The van der Waals surface area contributed by atoms with E-state index >= 15 is 0 Å². The quantitative estimate of drug-likeness (QED) is 0.632. The molecule has 2 heteroatoms. The van der Waals surface area contributed by atoms with Crippen molar-refractivity contribution in [3.8, 4) is 0 Å². The molecular weight excluding hydrogens is 224 g/mol. The SMILES string of the molecule is Clc1cccc2c1SC1(CCCCC1)C2. The maximum atomic E-state index is 6.25. The van der Waals surface area contributed by atoms with Crippen LogP contribution in [0.2, 0.25) is 5.02 Å². The monoisotopic (exact) mass is 238 g/mol. The normalized spacial score (nSPS) is 23.0. The van der Waals surface area contributed by atoms with Gasteiger partial charge in [-0.05, 0) is 30.9 Å². The highest BCUT2D eigenvalue weighted by Crippen LogP contribution is 2.54. The number of thioether (sulfide) groups is 1. The zero-order valence-electron chi connectivity index (χ0n) is 8.76. The lowest BCUT2D eigenvalue weighted by molar-refractivity contribution is 0.400. The largest absolute Gasteiger partial charge is 0.117 e. The van der Waals surface area contributed by atoms with E-state index in [9.17, 15) is 0 Å². The second kappa shape index (κ2) is 3.71. The average Bonchev–Trinajstić information content (AvgIpc) is 2.59. The summed E-state index contributed by atoms with van der Waals surface area (Å²) in [5.41, 5.74) is 1.48. The number of halogens is 1. The fourth-order valence-corrected chi connectivity index (χ4v) is 4.78. The van der Waals surface area contributed by atoms with Gasteiger partial charge in [-0.15, -0.1) is 11.8 Å². The standard InChI is InChI=1S/C13H15ClS/c14-11-6-4-5-10-9-13(15-12(10)11)7-2-1-3-8-13/h4-6H,1-3,7-9H2. The van der Waals surface area contributed by atoms with Crippen LogP contribution in [0.4, 0.5) is 0 Å². The van der Waals surface area contributed by atoms with Gasteiger partial charge in [0.2, 0.25) is 0 Å². The fraction of sp³-hybridized carbons (Fsp3) is 0.538. The van der Waals surface area contributed by atoms with Gasteiger partial charge in [-0.1, -0.05) is 43.0 Å². The predicted octanol–water partition coefficient (Wildman–Crippen LogP) is 4.69. The summed E-state index contributed by atoms with van der Waals surface area (Å²) >= 11 is 8.31. The van der Waals surface area contributed by atoms with Crippen molar-refractivity contribution in [1.29, 1.82) is 0 Å². The van der Waals surface area contributed by atoms with E-state index in [1.807, 2.05) is 6.07 Å². The molecule has 0 radical (unpaired) electrons. The van der Waals surface area contributed by atoms with Crippen molar-refractivity contribution in [2.75, 3.05) is 0 Å². The molecule has 1 heterocycles. The van der Waals surface area contributed by atoms with E-state index < -0.39 is 0 Å². The van der Waals surface area contributed by atoms with E-state index in [1.54, 1.807) is 0 Å². The summed E-state index contributed by atoms with van der Waals surface area (Å²) in [6.45, 7) is 0. The summed E-state index contributed by atoms with van der Waals surface area (Å²) in [7, 11) is 0. The number of hydrogen-bond donors (Lipinski definition) is 0. The predicted molar refractivity (Wildman–Crippen MR) is 66.8 cm³/mol. The maximum Gasteiger partial charge on any atom is 0.0544 e. The molecule has 15 heavy (non-hydrogen) atoms. The molecule has 1 aliphatic carbocycles. The molecule has 80 valence electrons. The highest BCUT2D eigenvalue weighted by molar-refractivity contribution is 8.01. The lowest BCUT2D eigenvalue weighted by Crippen LogP contribution is -2.26. The van der Waals surface area contributed by atoms with E-state index in [0.717, 1.165) is 5.02 Å². The number of benzene rings is 1. The molecule has 0 atom stereocenters. The van der Waals surface area contributed by atoms with Gasteiger partial charge in [-0.3, -0.25) is 0 Å². The zero-order valence-corrected chi connectivity index (χ0v) is 10.3. The summed E-state index contributed by atoms with van der Waals surface area (Å²) in [5.74, 6) is 0. The Kier molecular flexibility index (Phi) is 2.48. The molecule has 0 amide bonds. The van der Waals surface area contributed by atoms with Gasteiger partial charge in [0.25, 0.3) is 0 Å². The zero-order chi connectivity index (χ0) is 10.3. The van der Waals surface area contributed by atoms with Gasteiger partial charge in [-0.2, -0.15) is 0 Å². The van der Waals surface area contributed by atoms with E-state index in [4.69, 9.17) is 11.6 Å². The van der Waals surface area contributed by atoms with Crippen LogP contribution in [-0.4, -0.2) is 4.75 Å². The number of hydrogen-bond acceptors (Lipinski definition) is 1. The number of fused-ring (bicyclic) bond motifs is 1. The molecule has 2 aliphatic rings. The van der Waals surface area contributed by atoms with Crippen molar-refractivity contribution in [1.82, 2.24) is 0 Å².